The summed E-state index contributed by atoms with van der Waals surface area (Å²) < 4.78 is 5.93. The number of dihydropyridines is 1. The first-order chi connectivity index (χ1) is 18.4. The van der Waals surface area contributed by atoms with Gasteiger partial charge in [-0.2, -0.15) is 0 Å². The average molecular weight is 513 g/mol. The molecule has 1 atom stereocenters. The molecule has 1 aliphatic carbocycles. The summed E-state index contributed by atoms with van der Waals surface area (Å²) in [6, 6.07) is 18.6. The molecule has 0 spiro atoms. The van der Waals surface area contributed by atoms with Gasteiger partial charge in [0.2, 0.25) is 0 Å². The van der Waals surface area contributed by atoms with Crippen LogP contribution in [0.5, 0.6) is 0 Å². The van der Waals surface area contributed by atoms with E-state index in [0.717, 1.165) is 72.4 Å². The van der Waals surface area contributed by atoms with Crippen LogP contribution in [0.15, 0.2) is 77.1 Å². The Balaban J connectivity index is 1.48. The third-order valence-corrected chi connectivity index (χ3v) is 8.27. The highest BCUT2D eigenvalue weighted by molar-refractivity contribution is 6.04. The smallest absolute Gasteiger partial charge is 0.336 e. The summed E-state index contributed by atoms with van der Waals surface area (Å²) in [6.07, 6.45) is 5.06. The van der Waals surface area contributed by atoms with Crippen LogP contribution in [-0.4, -0.2) is 31.4 Å². The van der Waals surface area contributed by atoms with Crippen molar-refractivity contribution in [3.05, 3.63) is 82.7 Å². The average Bonchev–Trinajstić information content (AvgIpc) is 2.92. The number of Topliss-reactive ketones (excluding diaryl/α,β-unsaturated/α-hetero) is 1. The fourth-order valence-electron chi connectivity index (χ4n) is 6.27. The van der Waals surface area contributed by atoms with Gasteiger partial charge in [-0.25, -0.2) is 4.79 Å². The lowest BCUT2D eigenvalue weighted by atomic mass is 9.68. The standard InChI is InChI=1S/C33H40N2O3/c1-4-26-31(32(37)38-19-16-22-14-17-34-18-15-22)29(30-27(35-26)20-33(2,3)21-28(30)36)25-12-10-24(11-13-25)23-8-6-5-7-9-23/h5-13,22,29,34-35H,4,14-21H2,1-3H3. The van der Waals surface area contributed by atoms with Crippen molar-refractivity contribution in [2.75, 3.05) is 19.7 Å². The van der Waals surface area contributed by atoms with E-state index >= 15 is 0 Å². The van der Waals surface area contributed by atoms with Crippen LogP contribution < -0.4 is 10.6 Å². The van der Waals surface area contributed by atoms with Crippen molar-refractivity contribution < 1.29 is 14.3 Å². The van der Waals surface area contributed by atoms with Crippen molar-refractivity contribution >= 4 is 11.8 Å². The Morgan fingerprint density at radius 3 is 2.34 bits per heavy atom. The lowest BCUT2D eigenvalue weighted by Gasteiger charge is -2.40. The Bertz CT molecular complexity index is 1230. The molecule has 5 heteroatoms. The molecule has 0 saturated carbocycles. The lowest BCUT2D eigenvalue weighted by molar-refractivity contribution is -0.139. The van der Waals surface area contributed by atoms with Crippen LogP contribution in [0.2, 0.25) is 0 Å². The van der Waals surface area contributed by atoms with E-state index in [9.17, 15) is 9.59 Å². The number of carbonyl (C=O) groups excluding carboxylic acids is 2. The molecule has 0 aromatic heterocycles. The van der Waals surface area contributed by atoms with Gasteiger partial charge >= 0.3 is 5.97 Å². The van der Waals surface area contributed by atoms with Gasteiger partial charge in [0.15, 0.2) is 5.78 Å². The number of hydrogen-bond donors (Lipinski definition) is 2. The van der Waals surface area contributed by atoms with E-state index in [1.807, 2.05) is 18.2 Å². The molecule has 1 fully saturated rings. The van der Waals surface area contributed by atoms with Crippen molar-refractivity contribution in [3.63, 3.8) is 0 Å². The number of piperidine rings is 1. The monoisotopic (exact) mass is 512 g/mol. The van der Waals surface area contributed by atoms with Crippen molar-refractivity contribution in [3.8, 4) is 11.1 Å². The summed E-state index contributed by atoms with van der Waals surface area (Å²) in [5, 5.41) is 6.92. The summed E-state index contributed by atoms with van der Waals surface area (Å²) >= 11 is 0. The van der Waals surface area contributed by atoms with E-state index in [-0.39, 0.29) is 17.2 Å². The largest absolute Gasteiger partial charge is 0.462 e. The number of ketones is 1. The number of allylic oxidation sites excluding steroid dienone is 3. The molecule has 200 valence electrons. The van der Waals surface area contributed by atoms with E-state index in [1.165, 1.54) is 0 Å². The normalized spacial score (nSPS) is 21.7. The van der Waals surface area contributed by atoms with Gasteiger partial charge in [0.1, 0.15) is 0 Å². The van der Waals surface area contributed by atoms with E-state index in [0.29, 0.717) is 30.9 Å². The van der Waals surface area contributed by atoms with E-state index in [1.54, 1.807) is 0 Å². The third-order valence-electron chi connectivity index (χ3n) is 8.27. The number of carbonyl (C=O) groups is 2. The van der Waals surface area contributed by atoms with E-state index in [4.69, 9.17) is 4.74 Å². The zero-order chi connectivity index (χ0) is 26.7. The molecule has 0 radical (unpaired) electrons. The maximum Gasteiger partial charge on any atom is 0.336 e. The molecule has 1 unspecified atom stereocenters. The fourth-order valence-corrected chi connectivity index (χ4v) is 6.27. The second-order valence-corrected chi connectivity index (χ2v) is 11.7. The Morgan fingerprint density at radius 2 is 1.66 bits per heavy atom. The van der Waals surface area contributed by atoms with Crippen molar-refractivity contribution in [1.29, 1.82) is 0 Å². The number of ether oxygens (including phenoxy) is 1. The number of esters is 1. The molecule has 5 rings (SSSR count). The van der Waals surface area contributed by atoms with Gasteiger partial charge in [0.25, 0.3) is 0 Å². The molecule has 0 amide bonds. The summed E-state index contributed by atoms with van der Waals surface area (Å²) in [5.74, 6) is -0.00685. The van der Waals surface area contributed by atoms with Gasteiger partial charge in [-0.05, 0) is 73.2 Å². The second-order valence-electron chi connectivity index (χ2n) is 11.7. The Kier molecular flexibility index (Phi) is 7.85. The molecule has 2 aromatic rings. The molecule has 2 N–H and O–H groups in total. The minimum Gasteiger partial charge on any atom is -0.462 e. The molecule has 2 aromatic carbocycles. The molecule has 1 saturated heterocycles. The van der Waals surface area contributed by atoms with Gasteiger partial charge in [-0.15, -0.1) is 0 Å². The van der Waals surface area contributed by atoms with Crippen LogP contribution in [0.3, 0.4) is 0 Å². The summed E-state index contributed by atoms with van der Waals surface area (Å²) in [4.78, 5) is 27.3. The molecule has 0 bridgehead atoms. The lowest BCUT2D eigenvalue weighted by Crippen LogP contribution is -2.39. The van der Waals surface area contributed by atoms with E-state index in [2.05, 4.69) is 67.8 Å². The van der Waals surface area contributed by atoms with Crippen molar-refractivity contribution in [1.82, 2.24) is 10.6 Å². The minimum absolute atomic E-state index is 0.115. The summed E-state index contributed by atoms with van der Waals surface area (Å²) in [5.41, 5.74) is 6.27. The number of benzene rings is 2. The van der Waals surface area contributed by atoms with Crippen LogP contribution >= 0.6 is 0 Å². The van der Waals surface area contributed by atoms with Crippen LogP contribution in [0.4, 0.5) is 0 Å². The SMILES string of the molecule is CCC1=C(C(=O)OCCC2CCNCC2)C(c2ccc(-c3ccccc3)cc2)C2=C(CC(C)(C)CC2=O)N1. The topological polar surface area (TPSA) is 67.4 Å². The fraction of sp³-hybridized carbons (Fsp3) is 0.455. The molecule has 38 heavy (non-hydrogen) atoms. The minimum atomic E-state index is -0.416. The zero-order valence-corrected chi connectivity index (χ0v) is 22.9. The van der Waals surface area contributed by atoms with Gasteiger partial charge in [0.05, 0.1) is 12.2 Å². The highest BCUT2D eigenvalue weighted by atomic mass is 16.5. The van der Waals surface area contributed by atoms with Gasteiger partial charge < -0.3 is 15.4 Å². The third kappa shape index (κ3) is 5.63. The van der Waals surface area contributed by atoms with Crippen LogP contribution in [0.25, 0.3) is 11.1 Å². The van der Waals surface area contributed by atoms with Crippen LogP contribution in [0.1, 0.15) is 70.8 Å². The molecule has 5 nitrogen and oxygen atoms in total. The number of rotatable bonds is 7. The molecular formula is C33H40N2O3. The van der Waals surface area contributed by atoms with Crippen molar-refractivity contribution in [2.45, 2.75) is 65.2 Å². The first-order valence-electron chi connectivity index (χ1n) is 14.2. The van der Waals surface area contributed by atoms with Gasteiger partial charge in [-0.3, -0.25) is 4.79 Å². The van der Waals surface area contributed by atoms with Crippen LogP contribution in [0, 0.1) is 11.3 Å². The van der Waals surface area contributed by atoms with E-state index < -0.39 is 5.92 Å². The van der Waals surface area contributed by atoms with Gasteiger partial charge in [-0.1, -0.05) is 75.4 Å². The van der Waals surface area contributed by atoms with Crippen molar-refractivity contribution in [2.24, 2.45) is 11.3 Å². The predicted octanol–water partition coefficient (Wildman–Crippen LogP) is 6.28. The van der Waals surface area contributed by atoms with Crippen LogP contribution in [-0.2, 0) is 14.3 Å². The molecule has 3 aliphatic rings. The first-order valence-corrected chi connectivity index (χ1v) is 14.2. The maximum absolute atomic E-state index is 13.7. The number of hydrogen-bond acceptors (Lipinski definition) is 5. The first kappa shape index (κ1) is 26.4. The summed E-state index contributed by atoms with van der Waals surface area (Å²) in [6.45, 7) is 8.81. The molecule has 2 aliphatic heterocycles. The van der Waals surface area contributed by atoms with Gasteiger partial charge in [0, 0.05) is 29.3 Å². The Hall–Kier alpha value is -3.18. The highest BCUT2D eigenvalue weighted by Crippen LogP contribution is 2.47. The highest BCUT2D eigenvalue weighted by Gasteiger charge is 2.43. The Labute approximate surface area is 226 Å². The predicted molar refractivity (Wildman–Crippen MR) is 151 cm³/mol. The molecule has 2 heterocycles. The Morgan fingerprint density at radius 1 is 0.974 bits per heavy atom. The quantitative estimate of drug-likeness (QED) is 0.427. The maximum atomic E-state index is 13.7. The number of nitrogens with one attached hydrogen (secondary N) is 2. The molecular weight excluding hydrogens is 472 g/mol. The second kappa shape index (κ2) is 11.3. The summed E-state index contributed by atoms with van der Waals surface area (Å²) in [7, 11) is 0. The zero-order valence-electron chi connectivity index (χ0n) is 22.9.